The Labute approximate surface area is 181 Å². The lowest BCUT2D eigenvalue weighted by molar-refractivity contribution is -0.144. The number of halogens is 3. The van der Waals surface area contributed by atoms with Crippen molar-refractivity contribution in [3.8, 4) is 0 Å². The summed E-state index contributed by atoms with van der Waals surface area (Å²) in [6.45, 7) is 0. The fourth-order valence-electron chi connectivity index (χ4n) is 6.24. The van der Waals surface area contributed by atoms with Gasteiger partial charge in [0.15, 0.2) is 0 Å². The molecule has 0 saturated heterocycles. The number of aromatic amines is 1. The van der Waals surface area contributed by atoms with Gasteiger partial charge in [-0.1, -0.05) is 0 Å². The number of hydrogen-bond acceptors (Lipinski definition) is 6. The molecule has 2 aromatic heterocycles. The van der Waals surface area contributed by atoms with Crippen LogP contribution < -0.4 is 10.6 Å². The summed E-state index contributed by atoms with van der Waals surface area (Å²) in [7, 11) is 0. The first kappa shape index (κ1) is 19.8. The summed E-state index contributed by atoms with van der Waals surface area (Å²) in [6, 6.07) is 6.82. The maximum atomic E-state index is 12.9. The Morgan fingerprint density at radius 3 is 2.56 bits per heavy atom. The number of fused-ring (bicyclic) bond motifs is 1. The minimum atomic E-state index is -4.52. The highest BCUT2D eigenvalue weighted by molar-refractivity contribution is 5.80. The number of anilines is 3. The Bertz CT molecular complexity index is 1160. The maximum Gasteiger partial charge on any atom is 0.449 e. The van der Waals surface area contributed by atoms with Crippen LogP contribution in [-0.2, 0) is 6.18 Å². The maximum absolute atomic E-state index is 12.9. The SMILES string of the molecule is O[C@]12CC3CC(C1)[C@@H](Nc1ccnc(Nc4ccc5nc(C(F)(F)F)[nH]c5c4)n1)C(C3)C2. The van der Waals surface area contributed by atoms with E-state index in [1.54, 1.807) is 18.3 Å². The topological polar surface area (TPSA) is 98.7 Å². The third-order valence-corrected chi connectivity index (χ3v) is 7.22. The lowest BCUT2D eigenvalue weighted by Crippen LogP contribution is -2.59. The second-order valence-electron chi connectivity index (χ2n) is 9.57. The lowest BCUT2D eigenvalue weighted by atomic mass is 9.52. The smallest absolute Gasteiger partial charge is 0.390 e. The molecule has 1 aromatic carbocycles. The van der Waals surface area contributed by atoms with Gasteiger partial charge in [-0.3, -0.25) is 0 Å². The minimum Gasteiger partial charge on any atom is -0.390 e. The number of rotatable bonds is 4. The Morgan fingerprint density at radius 1 is 1.06 bits per heavy atom. The van der Waals surface area contributed by atoms with Crippen LogP contribution in [0.2, 0.25) is 0 Å². The van der Waals surface area contributed by atoms with Gasteiger partial charge in [-0.25, -0.2) is 9.97 Å². The second-order valence-corrected chi connectivity index (χ2v) is 9.57. The number of H-pyrrole nitrogens is 1. The van der Waals surface area contributed by atoms with Gasteiger partial charge in [0.2, 0.25) is 11.8 Å². The van der Waals surface area contributed by atoms with E-state index in [0.717, 1.165) is 32.1 Å². The van der Waals surface area contributed by atoms with E-state index in [1.165, 1.54) is 6.07 Å². The van der Waals surface area contributed by atoms with Gasteiger partial charge in [0.1, 0.15) is 5.82 Å². The Kier molecular flexibility index (Phi) is 4.21. The highest BCUT2D eigenvalue weighted by Gasteiger charge is 2.54. The van der Waals surface area contributed by atoms with E-state index in [9.17, 15) is 18.3 Å². The third-order valence-electron chi connectivity index (χ3n) is 7.22. The van der Waals surface area contributed by atoms with E-state index >= 15 is 0 Å². The molecule has 4 aliphatic carbocycles. The van der Waals surface area contributed by atoms with Gasteiger partial charge < -0.3 is 20.7 Å². The van der Waals surface area contributed by atoms with Crippen molar-refractivity contribution < 1.29 is 18.3 Å². The first-order chi connectivity index (χ1) is 15.2. The van der Waals surface area contributed by atoms with Crippen molar-refractivity contribution in [1.29, 1.82) is 0 Å². The summed E-state index contributed by atoms with van der Waals surface area (Å²) < 4.78 is 38.7. The monoisotopic (exact) mass is 444 g/mol. The number of nitrogens with zero attached hydrogens (tertiary/aromatic N) is 3. The predicted octanol–water partition coefficient (Wildman–Crippen LogP) is 4.47. The van der Waals surface area contributed by atoms with E-state index in [1.807, 2.05) is 6.07 Å². The van der Waals surface area contributed by atoms with Crippen LogP contribution in [0.1, 0.15) is 37.9 Å². The van der Waals surface area contributed by atoms with Crippen molar-refractivity contribution in [2.75, 3.05) is 10.6 Å². The quantitative estimate of drug-likeness (QED) is 0.474. The molecule has 0 aliphatic heterocycles. The van der Waals surface area contributed by atoms with Crippen LogP contribution in [0, 0.1) is 17.8 Å². The van der Waals surface area contributed by atoms with Gasteiger partial charge in [-0.2, -0.15) is 18.2 Å². The Morgan fingerprint density at radius 2 is 1.84 bits per heavy atom. The minimum absolute atomic E-state index is 0.239. The van der Waals surface area contributed by atoms with Crippen molar-refractivity contribution in [3.05, 3.63) is 36.3 Å². The molecule has 3 aromatic rings. The normalized spacial score (nSPS) is 31.2. The number of benzene rings is 1. The van der Waals surface area contributed by atoms with Gasteiger partial charge in [0.25, 0.3) is 0 Å². The fraction of sp³-hybridized carbons (Fsp3) is 0.500. The summed E-state index contributed by atoms with van der Waals surface area (Å²) in [5.74, 6) is 1.56. The number of nitrogens with one attached hydrogen (secondary N) is 3. The molecule has 2 atom stereocenters. The summed E-state index contributed by atoms with van der Waals surface area (Å²) >= 11 is 0. The van der Waals surface area contributed by atoms with Crippen molar-refractivity contribution >= 4 is 28.5 Å². The molecule has 32 heavy (non-hydrogen) atoms. The predicted molar refractivity (Wildman–Crippen MR) is 112 cm³/mol. The third kappa shape index (κ3) is 3.46. The van der Waals surface area contributed by atoms with E-state index in [2.05, 4.69) is 30.6 Å². The molecule has 168 valence electrons. The molecule has 2 unspecified atom stereocenters. The molecule has 4 bridgehead atoms. The lowest BCUT2D eigenvalue weighted by Gasteiger charge is -2.58. The molecule has 0 amide bonds. The summed E-state index contributed by atoms with van der Waals surface area (Å²) in [4.78, 5) is 14.7. The number of aromatic nitrogens is 4. The first-order valence-corrected chi connectivity index (χ1v) is 10.9. The van der Waals surface area contributed by atoms with Crippen molar-refractivity contribution in [3.63, 3.8) is 0 Å². The van der Waals surface area contributed by atoms with Crippen LogP contribution in [0.25, 0.3) is 11.0 Å². The van der Waals surface area contributed by atoms with Crippen LogP contribution in [-0.4, -0.2) is 36.7 Å². The Hall–Kier alpha value is -2.88. The van der Waals surface area contributed by atoms with Crippen molar-refractivity contribution in [2.45, 2.75) is 49.9 Å². The molecule has 7 rings (SSSR count). The van der Waals surface area contributed by atoms with Crippen molar-refractivity contribution in [1.82, 2.24) is 19.9 Å². The average Bonchev–Trinajstić information content (AvgIpc) is 3.14. The summed E-state index contributed by atoms with van der Waals surface area (Å²) in [5.41, 5.74) is 0.597. The zero-order valence-corrected chi connectivity index (χ0v) is 17.2. The van der Waals surface area contributed by atoms with E-state index in [-0.39, 0.29) is 17.1 Å². The molecule has 7 nitrogen and oxygen atoms in total. The van der Waals surface area contributed by atoms with Crippen LogP contribution in [0.4, 0.5) is 30.6 Å². The molecule has 0 spiro atoms. The molecular formula is C22H23F3N6O. The van der Waals surface area contributed by atoms with Gasteiger partial charge in [0.05, 0.1) is 16.6 Å². The molecule has 4 fully saturated rings. The van der Waals surface area contributed by atoms with Crippen molar-refractivity contribution in [2.24, 2.45) is 17.8 Å². The zero-order chi connectivity index (χ0) is 22.1. The van der Waals surface area contributed by atoms with Gasteiger partial charge in [0, 0.05) is 17.9 Å². The summed E-state index contributed by atoms with van der Waals surface area (Å²) in [6.07, 6.45) is 2.06. The number of alkyl halides is 3. The fourth-order valence-corrected chi connectivity index (χ4v) is 6.24. The molecule has 2 heterocycles. The van der Waals surface area contributed by atoms with E-state index < -0.39 is 17.6 Å². The van der Waals surface area contributed by atoms with Gasteiger partial charge >= 0.3 is 6.18 Å². The first-order valence-electron chi connectivity index (χ1n) is 10.9. The standard InChI is InChI=1S/C22H23F3N6O/c23-22(24,25)19-28-15-2-1-14(7-16(15)29-19)27-20-26-4-3-17(31-20)30-18-12-5-11-6-13(18)10-21(32,8-11)9-12/h1-4,7,11-13,18,32H,5-6,8-10H2,(H,28,29)(H2,26,27,30,31)/t11?,12?,13?,18-,21-. The van der Waals surface area contributed by atoms with Crippen LogP contribution in [0.3, 0.4) is 0 Å². The molecule has 4 N–H and O–H groups in total. The van der Waals surface area contributed by atoms with E-state index in [4.69, 9.17) is 0 Å². The highest BCUT2D eigenvalue weighted by Crippen LogP contribution is 2.56. The Balaban J connectivity index is 1.19. The summed E-state index contributed by atoms with van der Waals surface area (Å²) in [5, 5.41) is 17.4. The van der Waals surface area contributed by atoms with Crippen LogP contribution in [0.5, 0.6) is 0 Å². The van der Waals surface area contributed by atoms with E-state index in [0.29, 0.717) is 35.2 Å². The van der Waals surface area contributed by atoms with Gasteiger partial charge in [-0.15, -0.1) is 0 Å². The number of aliphatic hydroxyl groups is 1. The number of hydrogen-bond donors (Lipinski definition) is 4. The molecule has 10 heteroatoms. The highest BCUT2D eigenvalue weighted by atomic mass is 19.4. The second kappa shape index (κ2) is 6.81. The largest absolute Gasteiger partial charge is 0.449 e. The van der Waals surface area contributed by atoms with Gasteiger partial charge in [-0.05, 0) is 74.1 Å². The molecular weight excluding hydrogens is 421 g/mol. The molecule has 4 aliphatic rings. The van der Waals surface area contributed by atoms with Crippen LogP contribution in [0.15, 0.2) is 30.5 Å². The molecule has 0 radical (unpaired) electrons. The zero-order valence-electron chi connectivity index (χ0n) is 17.2. The average molecular weight is 444 g/mol. The van der Waals surface area contributed by atoms with Crippen LogP contribution >= 0.6 is 0 Å². The molecule has 4 saturated carbocycles. The number of imidazole rings is 1.